The third kappa shape index (κ3) is 16.2. The molecule has 0 aromatic carbocycles. The van der Waals surface area contributed by atoms with Crippen LogP contribution in [0, 0.1) is 11.8 Å². The number of rotatable bonds is 15. The molecule has 0 aliphatic heterocycles. The van der Waals surface area contributed by atoms with Crippen LogP contribution in [0.3, 0.4) is 0 Å². The molecule has 0 bridgehead atoms. The predicted octanol–water partition coefficient (Wildman–Crippen LogP) is 7.24. The van der Waals surface area contributed by atoms with Gasteiger partial charge in [-0.15, -0.1) is 0 Å². The van der Waals surface area contributed by atoms with Crippen LogP contribution in [-0.4, -0.2) is 12.1 Å². The highest BCUT2D eigenvalue weighted by Crippen LogP contribution is 2.11. The zero-order valence-electron chi connectivity index (χ0n) is 17.4. The Labute approximate surface area is 157 Å². The molecule has 0 amide bonds. The zero-order valence-corrected chi connectivity index (χ0v) is 17.4. The lowest BCUT2D eigenvalue weighted by atomic mass is 10.1. The molecular weight excluding hydrogens is 308 g/mol. The van der Waals surface area contributed by atoms with Crippen molar-refractivity contribution in [3.8, 4) is 0 Å². The molecule has 0 aliphatic rings. The van der Waals surface area contributed by atoms with Crippen molar-refractivity contribution in [2.45, 2.75) is 105 Å². The Bertz CT molecular complexity index is 368. The molecule has 0 fully saturated rings. The monoisotopic (exact) mass is 350 g/mol. The van der Waals surface area contributed by atoms with E-state index >= 15 is 0 Å². The van der Waals surface area contributed by atoms with E-state index in [0.717, 1.165) is 19.3 Å². The van der Waals surface area contributed by atoms with Crippen molar-refractivity contribution < 1.29 is 9.53 Å². The standard InChI is InChI=1S/C23H42O2/c1-6-17-21(4)18-15-13-11-9-7-8-10-12-14-16-19-23(24)25-22(5)20(2)3/h9,11,15,18,20-22H,6-8,10,12-14,16-17,19H2,1-5H3/b11-9+,18-15-. The average Bonchev–Trinajstić information content (AvgIpc) is 2.55. The van der Waals surface area contributed by atoms with Crippen LogP contribution >= 0.6 is 0 Å². The van der Waals surface area contributed by atoms with Crippen LogP contribution in [0.4, 0.5) is 0 Å². The smallest absolute Gasteiger partial charge is 0.306 e. The molecule has 146 valence electrons. The molecule has 0 N–H and O–H groups in total. The predicted molar refractivity (Wildman–Crippen MR) is 110 cm³/mol. The highest BCUT2D eigenvalue weighted by Gasteiger charge is 2.12. The number of allylic oxidation sites excluding steroid dienone is 4. The van der Waals surface area contributed by atoms with Gasteiger partial charge < -0.3 is 4.74 Å². The number of carbonyl (C=O) groups excluding carboxylic acids is 1. The van der Waals surface area contributed by atoms with Gasteiger partial charge in [0, 0.05) is 6.42 Å². The Morgan fingerprint density at radius 2 is 1.60 bits per heavy atom. The average molecular weight is 351 g/mol. The van der Waals surface area contributed by atoms with Crippen LogP contribution in [0.5, 0.6) is 0 Å². The van der Waals surface area contributed by atoms with E-state index in [1.54, 1.807) is 0 Å². The molecule has 0 saturated heterocycles. The maximum atomic E-state index is 11.7. The van der Waals surface area contributed by atoms with Crippen LogP contribution in [-0.2, 0) is 9.53 Å². The van der Waals surface area contributed by atoms with E-state index in [4.69, 9.17) is 4.74 Å². The van der Waals surface area contributed by atoms with E-state index in [1.165, 1.54) is 38.5 Å². The Balaban J connectivity index is 3.44. The number of ether oxygens (including phenoxy) is 1. The summed E-state index contributed by atoms with van der Waals surface area (Å²) in [6.07, 6.45) is 20.4. The lowest BCUT2D eigenvalue weighted by Gasteiger charge is -2.16. The van der Waals surface area contributed by atoms with Crippen LogP contribution in [0.25, 0.3) is 0 Å². The first kappa shape index (κ1) is 23.9. The summed E-state index contributed by atoms with van der Waals surface area (Å²) in [6, 6.07) is 0. The third-order valence-electron chi connectivity index (χ3n) is 4.66. The summed E-state index contributed by atoms with van der Waals surface area (Å²) in [5, 5.41) is 0. The lowest BCUT2D eigenvalue weighted by molar-refractivity contribution is -0.150. The van der Waals surface area contributed by atoms with Gasteiger partial charge in [-0.1, -0.05) is 77.7 Å². The van der Waals surface area contributed by atoms with Gasteiger partial charge in [0.2, 0.25) is 0 Å². The molecular formula is C23H42O2. The van der Waals surface area contributed by atoms with Crippen molar-refractivity contribution in [1.82, 2.24) is 0 Å². The fourth-order valence-electron chi connectivity index (χ4n) is 2.62. The number of esters is 1. The molecule has 0 aliphatic carbocycles. The second-order valence-corrected chi connectivity index (χ2v) is 7.65. The number of hydrogen-bond acceptors (Lipinski definition) is 2. The number of carbonyl (C=O) groups is 1. The van der Waals surface area contributed by atoms with E-state index in [-0.39, 0.29) is 12.1 Å². The molecule has 2 heteroatoms. The molecule has 0 spiro atoms. The molecule has 0 aromatic rings. The summed E-state index contributed by atoms with van der Waals surface area (Å²) in [5.41, 5.74) is 0. The van der Waals surface area contributed by atoms with Gasteiger partial charge in [-0.25, -0.2) is 0 Å². The fraction of sp³-hybridized carbons (Fsp3) is 0.783. The van der Waals surface area contributed by atoms with Gasteiger partial charge in [0.05, 0.1) is 0 Å². The van der Waals surface area contributed by atoms with Gasteiger partial charge in [0.15, 0.2) is 0 Å². The van der Waals surface area contributed by atoms with Crippen molar-refractivity contribution in [3.05, 3.63) is 24.3 Å². The minimum Gasteiger partial charge on any atom is -0.462 e. The van der Waals surface area contributed by atoms with E-state index in [0.29, 0.717) is 18.3 Å². The molecule has 25 heavy (non-hydrogen) atoms. The second-order valence-electron chi connectivity index (χ2n) is 7.65. The summed E-state index contributed by atoms with van der Waals surface area (Å²) in [5.74, 6) is 1.07. The Hall–Kier alpha value is -1.05. The topological polar surface area (TPSA) is 26.3 Å². The van der Waals surface area contributed by atoms with Crippen LogP contribution in [0.2, 0.25) is 0 Å². The van der Waals surface area contributed by atoms with E-state index < -0.39 is 0 Å². The van der Waals surface area contributed by atoms with Crippen LogP contribution < -0.4 is 0 Å². The van der Waals surface area contributed by atoms with Gasteiger partial charge >= 0.3 is 5.97 Å². The van der Waals surface area contributed by atoms with E-state index in [2.05, 4.69) is 52.0 Å². The quantitative estimate of drug-likeness (QED) is 0.177. The summed E-state index contributed by atoms with van der Waals surface area (Å²) in [4.78, 5) is 11.7. The largest absolute Gasteiger partial charge is 0.462 e. The summed E-state index contributed by atoms with van der Waals surface area (Å²) >= 11 is 0. The summed E-state index contributed by atoms with van der Waals surface area (Å²) in [6.45, 7) is 10.7. The first-order valence-electron chi connectivity index (χ1n) is 10.5. The van der Waals surface area contributed by atoms with E-state index in [1.807, 2.05) is 6.92 Å². The molecule has 2 atom stereocenters. The maximum Gasteiger partial charge on any atom is 0.306 e. The third-order valence-corrected chi connectivity index (χ3v) is 4.66. The molecule has 2 unspecified atom stereocenters. The van der Waals surface area contributed by atoms with Gasteiger partial charge in [0.1, 0.15) is 6.10 Å². The van der Waals surface area contributed by atoms with Crippen LogP contribution in [0.1, 0.15) is 98.8 Å². The van der Waals surface area contributed by atoms with Crippen molar-refractivity contribution in [2.75, 3.05) is 0 Å². The first-order chi connectivity index (χ1) is 12.0. The first-order valence-corrected chi connectivity index (χ1v) is 10.5. The lowest BCUT2D eigenvalue weighted by Crippen LogP contribution is -2.19. The molecule has 0 rings (SSSR count). The second kappa shape index (κ2) is 16.4. The Morgan fingerprint density at radius 1 is 0.920 bits per heavy atom. The molecule has 2 nitrogen and oxygen atoms in total. The minimum atomic E-state index is -0.0366. The Kier molecular flexibility index (Phi) is 15.7. The van der Waals surface area contributed by atoms with Crippen molar-refractivity contribution in [3.63, 3.8) is 0 Å². The number of hydrogen-bond donors (Lipinski definition) is 0. The van der Waals surface area contributed by atoms with Gasteiger partial charge in [-0.05, 0) is 50.9 Å². The summed E-state index contributed by atoms with van der Waals surface area (Å²) < 4.78 is 5.38. The highest BCUT2D eigenvalue weighted by atomic mass is 16.5. The molecule has 0 heterocycles. The maximum absolute atomic E-state index is 11.7. The van der Waals surface area contributed by atoms with Gasteiger partial charge in [-0.2, -0.15) is 0 Å². The van der Waals surface area contributed by atoms with Crippen molar-refractivity contribution in [2.24, 2.45) is 11.8 Å². The summed E-state index contributed by atoms with van der Waals surface area (Å²) in [7, 11) is 0. The van der Waals surface area contributed by atoms with Crippen molar-refractivity contribution in [1.29, 1.82) is 0 Å². The van der Waals surface area contributed by atoms with Gasteiger partial charge in [0.25, 0.3) is 0 Å². The number of unbranched alkanes of at least 4 members (excludes halogenated alkanes) is 5. The van der Waals surface area contributed by atoms with E-state index in [9.17, 15) is 4.79 Å². The fourth-order valence-corrected chi connectivity index (χ4v) is 2.62. The molecule has 0 aromatic heterocycles. The molecule has 0 radical (unpaired) electrons. The molecule has 0 saturated carbocycles. The Morgan fingerprint density at radius 3 is 2.28 bits per heavy atom. The zero-order chi connectivity index (χ0) is 18.9. The van der Waals surface area contributed by atoms with Gasteiger partial charge in [-0.3, -0.25) is 4.79 Å². The minimum absolute atomic E-state index is 0.0315. The van der Waals surface area contributed by atoms with Crippen molar-refractivity contribution >= 4 is 5.97 Å². The normalized spacial score (nSPS) is 14.5. The van der Waals surface area contributed by atoms with Crippen LogP contribution in [0.15, 0.2) is 24.3 Å². The highest BCUT2D eigenvalue weighted by molar-refractivity contribution is 5.69. The SMILES string of the molecule is CCCC(C)/C=C\C/C=C/CCCCCCCC(=O)OC(C)C(C)C.